The van der Waals surface area contributed by atoms with Gasteiger partial charge in [0.05, 0.1) is 26.0 Å². The van der Waals surface area contributed by atoms with Crippen molar-refractivity contribution in [1.82, 2.24) is 19.5 Å². The maximum atomic E-state index is 13.3. The van der Waals surface area contributed by atoms with Gasteiger partial charge in [0.2, 0.25) is 5.91 Å². The number of methoxy groups -OCH3 is 2. The van der Waals surface area contributed by atoms with Crippen LogP contribution in [0.5, 0.6) is 11.5 Å². The van der Waals surface area contributed by atoms with Gasteiger partial charge in [-0.2, -0.15) is 0 Å². The third kappa shape index (κ3) is 5.60. The highest BCUT2D eigenvalue weighted by molar-refractivity contribution is 8.00. The van der Waals surface area contributed by atoms with Crippen molar-refractivity contribution in [1.29, 1.82) is 0 Å². The highest BCUT2D eigenvalue weighted by Crippen LogP contribution is 2.27. The molecular weight excluding hydrogens is 466 g/mol. The number of rotatable bonds is 9. The molecule has 2 aromatic heterocycles. The fourth-order valence-corrected chi connectivity index (χ4v) is 4.45. The van der Waals surface area contributed by atoms with E-state index >= 15 is 0 Å². The summed E-state index contributed by atoms with van der Waals surface area (Å²) in [5.74, 6) is 1.17. The molecule has 180 valence electrons. The van der Waals surface area contributed by atoms with Crippen LogP contribution < -0.4 is 20.3 Å². The van der Waals surface area contributed by atoms with Crippen LogP contribution in [0, 0.1) is 0 Å². The molecule has 0 bridgehead atoms. The predicted molar refractivity (Wildman–Crippen MR) is 135 cm³/mol. The Kier molecular flexibility index (Phi) is 7.61. The maximum absolute atomic E-state index is 13.3. The first-order valence-electron chi connectivity index (χ1n) is 11.0. The van der Waals surface area contributed by atoms with Gasteiger partial charge in [0, 0.05) is 24.1 Å². The van der Waals surface area contributed by atoms with Gasteiger partial charge < -0.3 is 14.8 Å². The average Bonchev–Trinajstić information content (AvgIpc) is 2.89. The average molecular weight is 492 g/mol. The van der Waals surface area contributed by atoms with Crippen LogP contribution in [0.15, 0.2) is 70.9 Å². The molecule has 1 amide bonds. The molecule has 0 saturated carbocycles. The van der Waals surface area contributed by atoms with Crippen LogP contribution in [0.4, 0.5) is 5.69 Å². The van der Waals surface area contributed by atoms with Crippen LogP contribution in [0.25, 0.3) is 11.2 Å². The third-order valence-corrected chi connectivity index (χ3v) is 6.66. The van der Waals surface area contributed by atoms with E-state index in [2.05, 4.69) is 20.3 Å². The van der Waals surface area contributed by atoms with Crippen LogP contribution in [0.2, 0.25) is 0 Å². The molecule has 35 heavy (non-hydrogen) atoms. The van der Waals surface area contributed by atoms with Crippen LogP contribution in [-0.2, 0) is 11.3 Å². The number of carbonyl (C=O) groups is 1. The lowest BCUT2D eigenvalue weighted by atomic mass is 10.2. The number of benzene rings is 2. The van der Waals surface area contributed by atoms with Gasteiger partial charge in [-0.3, -0.25) is 14.2 Å². The van der Waals surface area contributed by atoms with E-state index in [1.165, 1.54) is 28.7 Å². The molecule has 2 heterocycles. The molecule has 1 atom stereocenters. The summed E-state index contributed by atoms with van der Waals surface area (Å²) >= 11 is 1.22. The first kappa shape index (κ1) is 24.2. The van der Waals surface area contributed by atoms with Crippen molar-refractivity contribution in [2.24, 2.45) is 0 Å². The van der Waals surface area contributed by atoms with Crippen molar-refractivity contribution in [2.75, 3.05) is 19.5 Å². The Balaban J connectivity index is 1.66. The molecule has 0 radical (unpaired) electrons. The lowest BCUT2D eigenvalue weighted by molar-refractivity contribution is -0.115. The van der Waals surface area contributed by atoms with E-state index in [1.807, 2.05) is 31.2 Å². The zero-order chi connectivity index (χ0) is 24.8. The third-order valence-electron chi connectivity index (χ3n) is 5.31. The van der Waals surface area contributed by atoms with Gasteiger partial charge in [-0.1, -0.05) is 36.9 Å². The molecule has 2 aromatic carbocycles. The van der Waals surface area contributed by atoms with E-state index in [4.69, 9.17) is 9.47 Å². The fourth-order valence-electron chi connectivity index (χ4n) is 3.45. The quantitative estimate of drug-likeness (QED) is 0.279. The second-order valence-electron chi connectivity index (χ2n) is 7.60. The molecule has 4 aromatic rings. The molecule has 0 aliphatic heterocycles. The van der Waals surface area contributed by atoms with Gasteiger partial charge in [0.25, 0.3) is 5.56 Å². The van der Waals surface area contributed by atoms with E-state index in [0.717, 1.165) is 11.3 Å². The number of ether oxygens (including phenoxy) is 2. The Labute approximate surface area is 206 Å². The summed E-state index contributed by atoms with van der Waals surface area (Å²) in [6.07, 6.45) is 3.48. The van der Waals surface area contributed by atoms with Crippen LogP contribution in [0.1, 0.15) is 18.9 Å². The second-order valence-corrected chi connectivity index (χ2v) is 8.77. The van der Waals surface area contributed by atoms with Crippen molar-refractivity contribution in [2.45, 2.75) is 30.3 Å². The molecule has 9 nitrogen and oxygen atoms in total. The number of hydrogen-bond acceptors (Lipinski definition) is 8. The minimum absolute atomic E-state index is 0.180. The molecule has 0 spiro atoms. The van der Waals surface area contributed by atoms with Crippen LogP contribution in [-0.4, -0.2) is 44.9 Å². The first-order valence-corrected chi connectivity index (χ1v) is 11.9. The Morgan fingerprint density at radius 2 is 1.80 bits per heavy atom. The molecular formula is C25H25N5O4S. The smallest absolute Gasteiger partial charge is 0.282 e. The summed E-state index contributed by atoms with van der Waals surface area (Å²) in [4.78, 5) is 39.4. The normalized spacial score (nSPS) is 11.7. The molecule has 1 unspecified atom stereocenters. The highest BCUT2D eigenvalue weighted by atomic mass is 32.2. The monoisotopic (exact) mass is 491 g/mol. The number of carbonyl (C=O) groups excluding carboxylic acids is 1. The molecule has 0 saturated heterocycles. The molecule has 0 aliphatic rings. The van der Waals surface area contributed by atoms with Gasteiger partial charge in [0.15, 0.2) is 16.3 Å². The van der Waals surface area contributed by atoms with Crippen molar-refractivity contribution < 1.29 is 14.3 Å². The summed E-state index contributed by atoms with van der Waals surface area (Å²) in [7, 11) is 3.17. The van der Waals surface area contributed by atoms with Crippen molar-refractivity contribution in [3.63, 3.8) is 0 Å². The number of thioether (sulfide) groups is 1. The van der Waals surface area contributed by atoms with E-state index < -0.39 is 5.25 Å². The Morgan fingerprint density at radius 1 is 1.06 bits per heavy atom. The minimum Gasteiger partial charge on any atom is -0.497 e. The zero-order valence-corrected chi connectivity index (χ0v) is 20.4. The summed E-state index contributed by atoms with van der Waals surface area (Å²) in [5.41, 5.74) is 1.62. The minimum atomic E-state index is -0.496. The van der Waals surface area contributed by atoms with Crippen molar-refractivity contribution >= 4 is 34.5 Å². The van der Waals surface area contributed by atoms with E-state index in [0.29, 0.717) is 23.0 Å². The number of anilines is 1. The van der Waals surface area contributed by atoms with Crippen molar-refractivity contribution in [3.8, 4) is 11.5 Å². The summed E-state index contributed by atoms with van der Waals surface area (Å²) < 4.78 is 12.0. The SMILES string of the molecule is CCC(Sc1nc2nccnc2c(=O)n1Cc1ccc(OC)cc1)C(=O)Nc1cccc(OC)c1. The molecule has 0 fully saturated rings. The summed E-state index contributed by atoms with van der Waals surface area (Å²) in [5, 5.41) is 2.82. The highest BCUT2D eigenvalue weighted by Gasteiger charge is 2.23. The number of aromatic nitrogens is 4. The lowest BCUT2D eigenvalue weighted by Gasteiger charge is -2.18. The number of fused-ring (bicyclic) bond motifs is 1. The van der Waals surface area contributed by atoms with Gasteiger partial charge in [-0.25, -0.2) is 15.0 Å². The summed E-state index contributed by atoms with van der Waals surface area (Å²) in [6, 6.07) is 14.6. The Bertz CT molecular complexity index is 1390. The molecule has 0 aliphatic carbocycles. The van der Waals surface area contributed by atoms with E-state index in [-0.39, 0.29) is 29.2 Å². The summed E-state index contributed by atoms with van der Waals surface area (Å²) in [6.45, 7) is 2.17. The number of hydrogen-bond donors (Lipinski definition) is 1. The number of amides is 1. The molecule has 4 rings (SSSR count). The zero-order valence-electron chi connectivity index (χ0n) is 19.6. The maximum Gasteiger partial charge on any atom is 0.282 e. The lowest BCUT2D eigenvalue weighted by Crippen LogP contribution is -2.29. The number of nitrogens with one attached hydrogen (secondary N) is 1. The van der Waals surface area contributed by atoms with Gasteiger partial charge in [-0.15, -0.1) is 0 Å². The van der Waals surface area contributed by atoms with E-state index in [1.54, 1.807) is 38.5 Å². The van der Waals surface area contributed by atoms with Crippen LogP contribution in [0.3, 0.4) is 0 Å². The predicted octanol–water partition coefficient (Wildman–Crippen LogP) is 3.76. The Morgan fingerprint density at radius 3 is 2.51 bits per heavy atom. The standard InChI is InChI=1S/C25H25N5O4S/c1-4-20(23(31)28-17-6-5-7-19(14-17)34-3)35-25-29-22-21(26-12-13-27-22)24(32)30(25)15-16-8-10-18(33-2)11-9-16/h5-14,20H,4,15H2,1-3H3,(H,28,31). The van der Waals surface area contributed by atoms with Crippen molar-refractivity contribution in [3.05, 3.63) is 76.8 Å². The number of nitrogens with zero attached hydrogens (tertiary/aromatic N) is 4. The first-order chi connectivity index (χ1) is 17.0. The molecule has 10 heteroatoms. The molecule has 1 N–H and O–H groups in total. The Hall–Kier alpha value is -3.92. The van der Waals surface area contributed by atoms with E-state index in [9.17, 15) is 9.59 Å². The fraction of sp³-hybridized carbons (Fsp3) is 0.240. The van der Waals surface area contributed by atoms with Gasteiger partial charge in [0.1, 0.15) is 11.5 Å². The van der Waals surface area contributed by atoms with Gasteiger partial charge in [-0.05, 0) is 36.2 Å². The second kappa shape index (κ2) is 11.0. The van der Waals surface area contributed by atoms with Gasteiger partial charge >= 0.3 is 0 Å². The van der Waals surface area contributed by atoms with Crippen LogP contribution >= 0.6 is 11.8 Å². The largest absolute Gasteiger partial charge is 0.497 e. The topological polar surface area (TPSA) is 108 Å².